The van der Waals surface area contributed by atoms with Gasteiger partial charge in [0.2, 0.25) is 5.60 Å². The van der Waals surface area contributed by atoms with Crippen molar-refractivity contribution in [2.45, 2.75) is 37.5 Å². The lowest BCUT2D eigenvalue weighted by Crippen LogP contribution is -2.58. The molecule has 2 bridgehead atoms. The summed E-state index contributed by atoms with van der Waals surface area (Å²) in [6.45, 7) is 4.26. The van der Waals surface area contributed by atoms with Gasteiger partial charge in [0, 0.05) is 6.04 Å². The number of ether oxygens (including phenoxy) is 1. The van der Waals surface area contributed by atoms with Gasteiger partial charge in [-0.1, -0.05) is 60.7 Å². The molecule has 2 aromatic rings. The van der Waals surface area contributed by atoms with E-state index >= 15 is 0 Å². The molecular weight excluding hydrogens is 326 g/mol. The van der Waals surface area contributed by atoms with Gasteiger partial charge in [0.15, 0.2) is 0 Å². The average molecular weight is 351 g/mol. The molecule has 1 N–H and O–H groups in total. The van der Waals surface area contributed by atoms with Crippen LogP contribution in [0, 0.1) is 5.92 Å². The van der Waals surface area contributed by atoms with Crippen molar-refractivity contribution in [3.63, 3.8) is 0 Å². The molecule has 26 heavy (non-hydrogen) atoms. The maximum absolute atomic E-state index is 13.3. The lowest BCUT2D eigenvalue weighted by molar-refractivity contribution is -0.182. The maximum atomic E-state index is 13.3. The van der Waals surface area contributed by atoms with Gasteiger partial charge < -0.3 is 9.84 Å². The van der Waals surface area contributed by atoms with E-state index in [0.29, 0.717) is 17.0 Å². The molecule has 0 saturated carbocycles. The summed E-state index contributed by atoms with van der Waals surface area (Å²) in [6, 6.07) is 18.3. The summed E-state index contributed by atoms with van der Waals surface area (Å²) in [7, 11) is 0. The normalized spacial score (nSPS) is 27.9. The molecule has 136 valence electrons. The molecule has 2 atom stereocenters. The van der Waals surface area contributed by atoms with Gasteiger partial charge in [0.05, 0.1) is 0 Å². The second kappa shape index (κ2) is 6.86. The first kappa shape index (κ1) is 17.3. The van der Waals surface area contributed by atoms with Gasteiger partial charge in [0.1, 0.15) is 6.10 Å². The lowest BCUT2D eigenvalue weighted by atomic mass is 9.80. The molecule has 3 heterocycles. The summed E-state index contributed by atoms with van der Waals surface area (Å²) in [5.41, 5.74) is -0.732. The van der Waals surface area contributed by atoms with Gasteiger partial charge in [-0.15, -0.1) is 0 Å². The Morgan fingerprint density at radius 2 is 1.50 bits per heavy atom. The summed E-state index contributed by atoms with van der Waals surface area (Å²) >= 11 is 0. The van der Waals surface area contributed by atoms with E-state index in [9.17, 15) is 9.90 Å². The Morgan fingerprint density at radius 3 is 1.96 bits per heavy atom. The van der Waals surface area contributed by atoms with Crippen molar-refractivity contribution in [3.05, 3.63) is 71.8 Å². The molecule has 5 rings (SSSR count). The molecule has 0 amide bonds. The third kappa shape index (κ3) is 2.83. The molecule has 3 saturated heterocycles. The summed E-state index contributed by atoms with van der Waals surface area (Å²) in [5, 5.41) is 11.5. The number of hydrogen-bond acceptors (Lipinski definition) is 4. The maximum Gasteiger partial charge on any atom is 0.348 e. The van der Waals surface area contributed by atoms with Gasteiger partial charge in [-0.05, 0) is 49.9 Å². The van der Waals surface area contributed by atoms with E-state index < -0.39 is 11.6 Å². The summed E-state index contributed by atoms with van der Waals surface area (Å²) < 4.78 is 5.98. The van der Waals surface area contributed by atoms with Crippen LogP contribution in [0.1, 0.15) is 30.9 Å². The van der Waals surface area contributed by atoms with Gasteiger partial charge in [-0.3, -0.25) is 4.90 Å². The zero-order valence-electron chi connectivity index (χ0n) is 15.0. The van der Waals surface area contributed by atoms with Crippen molar-refractivity contribution in [1.29, 1.82) is 0 Å². The van der Waals surface area contributed by atoms with Crippen molar-refractivity contribution < 1.29 is 14.6 Å². The number of fused-ring (bicyclic) bond motifs is 3. The van der Waals surface area contributed by atoms with E-state index in [1.807, 2.05) is 36.4 Å². The molecule has 0 aromatic heterocycles. The number of carbonyl (C=O) groups excluding carboxylic acids is 1. The Bertz CT molecular complexity index is 712. The molecule has 3 aliphatic heterocycles. The third-order valence-electron chi connectivity index (χ3n) is 6.01. The molecule has 2 aromatic carbocycles. The molecule has 4 nitrogen and oxygen atoms in total. The Morgan fingerprint density at radius 1 is 1.00 bits per heavy atom. The standard InChI is InChI=1S/C22H25NO3/c1-16-20(17-12-14-23(16)15-13-17)26-21(24)22(25,18-8-4-2-5-9-18)19-10-6-3-7-11-19/h2-11,16-17,20,25H,12-15H2,1H3/t16-,20-/m1/s1. The number of aliphatic hydroxyl groups is 1. The van der Waals surface area contributed by atoms with E-state index in [1.165, 1.54) is 0 Å². The molecule has 0 aliphatic carbocycles. The zero-order chi connectivity index (χ0) is 18.1. The van der Waals surface area contributed by atoms with Crippen molar-refractivity contribution >= 4 is 5.97 Å². The predicted octanol–water partition coefficient (Wildman–Crippen LogP) is 2.95. The van der Waals surface area contributed by atoms with Crippen LogP contribution in [0.4, 0.5) is 0 Å². The predicted molar refractivity (Wildman–Crippen MR) is 99.5 cm³/mol. The molecule has 3 fully saturated rings. The highest BCUT2D eigenvalue weighted by atomic mass is 16.6. The van der Waals surface area contributed by atoms with E-state index in [1.54, 1.807) is 24.3 Å². The monoisotopic (exact) mass is 351 g/mol. The fourth-order valence-corrected chi connectivity index (χ4v) is 4.42. The Balaban J connectivity index is 1.67. The zero-order valence-corrected chi connectivity index (χ0v) is 15.0. The average Bonchev–Trinajstić information content (AvgIpc) is 2.71. The van der Waals surface area contributed by atoms with E-state index in [0.717, 1.165) is 25.9 Å². The molecular formula is C22H25NO3. The van der Waals surface area contributed by atoms with Crippen LogP contribution in [0.15, 0.2) is 60.7 Å². The fraction of sp³-hybridized carbons (Fsp3) is 0.409. The quantitative estimate of drug-likeness (QED) is 0.861. The summed E-state index contributed by atoms with van der Waals surface area (Å²) in [5.74, 6) is -0.199. The summed E-state index contributed by atoms with van der Waals surface area (Å²) in [6.07, 6.45) is 1.94. The van der Waals surface area contributed by atoms with E-state index in [2.05, 4.69) is 11.8 Å². The number of hydrogen-bond donors (Lipinski definition) is 1. The van der Waals surface area contributed by atoms with Crippen molar-refractivity contribution in [2.75, 3.05) is 13.1 Å². The Labute approximate surface area is 154 Å². The van der Waals surface area contributed by atoms with Crippen LogP contribution in [0.5, 0.6) is 0 Å². The number of nitrogens with zero attached hydrogens (tertiary/aromatic N) is 1. The first-order valence-electron chi connectivity index (χ1n) is 9.39. The van der Waals surface area contributed by atoms with Gasteiger partial charge >= 0.3 is 5.97 Å². The Kier molecular flexibility index (Phi) is 4.55. The highest BCUT2D eigenvalue weighted by Gasteiger charge is 2.47. The Hall–Kier alpha value is -2.17. The van der Waals surface area contributed by atoms with Crippen LogP contribution in [-0.4, -0.2) is 41.2 Å². The molecule has 4 heteroatoms. The smallest absolute Gasteiger partial charge is 0.348 e. The van der Waals surface area contributed by atoms with Crippen LogP contribution in [0.3, 0.4) is 0 Å². The molecule has 0 radical (unpaired) electrons. The van der Waals surface area contributed by atoms with Crippen molar-refractivity contribution in [2.24, 2.45) is 5.92 Å². The first-order valence-corrected chi connectivity index (χ1v) is 9.39. The van der Waals surface area contributed by atoms with Crippen LogP contribution in [0.2, 0.25) is 0 Å². The van der Waals surface area contributed by atoms with E-state index in [4.69, 9.17) is 4.74 Å². The van der Waals surface area contributed by atoms with Gasteiger partial charge in [0.25, 0.3) is 0 Å². The van der Waals surface area contributed by atoms with Crippen LogP contribution in [0.25, 0.3) is 0 Å². The highest BCUT2D eigenvalue weighted by Crippen LogP contribution is 2.37. The summed E-state index contributed by atoms with van der Waals surface area (Å²) in [4.78, 5) is 15.6. The SMILES string of the molecule is C[C@@H]1[C@@H](OC(=O)C(O)(c2ccccc2)c2ccccc2)C2CCN1CC2. The topological polar surface area (TPSA) is 49.8 Å². The number of carbonyl (C=O) groups is 1. The number of benzene rings is 2. The largest absolute Gasteiger partial charge is 0.458 e. The molecule has 0 spiro atoms. The number of rotatable bonds is 4. The third-order valence-corrected chi connectivity index (χ3v) is 6.01. The van der Waals surface area contributed by atoms with Crippen LogP contribution < -0.4 is 0 Å². The minimum atomic E-state index is -1.80. The minimum Gasteiger partial charge on any atom is -0.458 e. The van der Waals surface area contributed by atoms with Crippen molar-refractivity contribution in [3.8, 4) is 0 Å². The second-order valence-corrected chi connectivity index (χ2v) is 7.43. The number of esters is 1. The van der Waals surface area contributed by atoms with Crippen LogP contribution in [-0.2, 0) is 15.1 Å². The fourth-order valence-electron chi connectivity index (χ4n) is 4.42. The van der Waals surface area contributed by atoms with Crippen molar-refractivity contribution in [1.82, 2.24) is 4.90 Å². The minimum absolute atomic E-state index is 0.163. The second-order valence-electron chi connectivity index (χ2n) is 7.43. The van der Waals surface area contributed by atoms with Crippen LogP contribution >= 0.6 is 0 Å². The van der Waals surface area contributed by atoms with Gasteiger partial charge in [-0.25, -0.2) is 4.79 Å². The first-order chi connectivity index (χ1) is 12.6. The number of piperidine rings is 3. The van der Waals surface area contributed by atoms with Gasteiger partial charge in [-0.2, -0.15) is 0 Å². The lowest BCUT2D eigenvalue weighted by Gasteiger charge is -2.49. The highest BCUT2D eigenvalue weighted by molar-refractivity contribution is 5.85. The molecule has 3 aliphatic rings. The van der Waals surface area contributed by atoms with E-state index in [-0.39, 0.29) is 12.1 Å². The molecule has 0 unspecified atom stereocenters.